The van der Waals surface area contributed by atoms with Crippen LogP contribution in [0.5, 0.6) is 0 Å². The first-order valence-corrected chi connectivity index (χ1v) is 15.8. The molecule has 0 fully saturated rings. The highest BCUT2D eigenvalue weighted by Crippen LogP contribution is 2.45. The van der Waals surface area contributed by atoms with E-state index in [1.165, 1.54) is 71.7 Å². The molecule has 2 aliphatic rings. The number of aryl methyl sites for hydroxylation is 1. The standard InChI is InChI=1S/C43H36N2/c1-29-24-36(41-14-8-9-23-44(41)2)19-21-38(29)39-28-43(37-18-16-31-11-5-7-13-33(31)26-37)45(3)42-22-20-35(27-40(39)42)34-17-15-30-10-4-6-12-32(30)25-34/h4-28,41,43H,1-3H3. The van der Waals surface area contributed by atoms with Gasteiger partial charge in [0.15, 0.2) is 0 Å². The lowest BCUT2D eigenvalue weighted by atomic mass is 9.84. The second-order valence-electron chi connectivity index (χ2n) is 12.4. The number of anilines is 1. The van der Waals surface area contributed by atoms with Crippen molar-refractivity contribution in [3.8, 4) is 11.1 Å². The summed E-state index contributed by atoms with van der Waals surface area (Å²) in [5, 5.41) is 5.07. The van der Waals surface area contributed by atoms with E-state index in [0.717, 1.165) is 0 Å². The summed E-state index contributed by atoms with van der Waals surface area (Å²) in [7, 11) is 4.38. The lowest BCUT2D eigenvalue weighted by Crippen LogP contribution is -2.27. The van der Waals surface area contributed by atoms with Gasteiger partial charge in [-0.05, 0) is 110 Å². The molecular formula is C43H36N2. The van der Waals surface area contributed by atoms with Crippen molar-refractivity contribution < 1.29 is 0 Å². The summed E-state index contributed by atoms with van der Waals surface area (Å²) >= 11 is 0. The molecule has 6 aromatic rings. The van der Waals surface area contributed by atoms with E-state index in [4.69, 9.17) is 0 Å². The third-order valence-electron chi connectivity index (χ3n) is 9.65. The molecule has 0 bridgehead atoms. The van der Waals surface area contributed by atoms with Crippen molar-refractivity contribution in [1.29, 1.82) is 0 Å². The molecule has 2 nitrogen and oxygen atoms in total. The summed E-state index contributed by atoms with van der Waals surface area (Å²) in [5.74, 6) is 0. The second kappa shape index (κ2) is 11.0. The van der Waals surface area contributed by atoms with E-state index in [1.54, 1.807) is 0 Å². The quantitative estimate of drug-likeness (QED) is 0.205. The van der Waals surface area contributed by atoms with Gasteiger partial charge in [0.2, 0.25) is 0 Å². The fraction of sp³-hybridized carbons (Fsp3) is 0.116. The van der Waals surface area contributed by atoms with Gasteiger partial charge in [-0.1, -0.05) is 109 Å². The zero-order valence-electron chi connectivity index (χ0n) is 26.0. The molecule has 45 heavy (non-hydrogen) atoms. The number of hydrogen-bond acceptors (Lipinski definition) is 2. The normalized spacial score (nSPS) is 17.5. The molecule has 0 saturated carbocycles. The number of hydrogen-bond donors (Lipinski definition) is 0. The minimum atomic E-state index is 0.111. The van der Waals surface area contributed by atoms with Crippen molar-refractivity contribution in [3.05, 3.63) is 180 Å². The van der Waals surface area contributed by atoms with Gasteiger partial charge in [0.05, 0.1) is 12.1 Å². The molecule has 218 valence electrons. The second-order valence-corrected chi connectivity index (χ2v) is 12.4. The predicted octanol–water partition coefficient (Wildman–Crippen LogP) is 10.6. The molecular weight excluding hydrogens is 544 g/mol. The first kappa shape index (κ1) is 27.2. The van der Waals surface area contributed by atoms with E-state index in [1.807, 2.05) is 0 Å². The van der Waals surface area contributed by atoms with E-state index in [9.17, 15) is 0 Å². The van der Waals surface area contributed by atoms with Crippen molar-refractivity contribution in [3.63, 3.8) is 0 Å². The smallest absolute Gasteiger partial charge is 0.0733 e. The van der Waals surface area contributed by atoms with Gasteiger partial charge in [-0.3, -0.25) is 0 Å². The van der Waals surface area contributed by atoms with Crippen LogP contribution in [0.3, 0.4) is 0 Å². The van der Waals surface area contributed by atoms with Gasteiger partial charge in [-0.2, -0.15) is 0 Å². The zero-order valence-corrected chi connectivity index (χ0v) is 26.0. The van der Waals surface area contributed by atoms with Crippen molar-refractivity contribution in [2.24, 2.45) is 0 Å². The van der Waals surface area contributed by atoms with Crippen LogP contribution in [0.1, 0.15) is 39.9 Å². The minimum absolute atomic E-state index is 0.111. The van der Waals surface area contributed by atoms with Gasteiger partial charge < -0.3 is 9.80 Å². The monoisotopic (exact) mass is 580 g/mol. The molecule has 2 atom stereocenters. The fourth-order valence-electron chi connectivity index (χ4n) is 7.17. The lowest BCUT2D eigenvalue weighted by Gasteiger charge is -2.36. The Bertz CT molecular complexity index is 2180. The highest BCUT2D eigenvalue weighted by atomic mass is 15.1. The summed E-state index contributed by atoms with van der Waals surface area (Å²) in [6, 6.07) is 45.3. The maximum Gasteiger partial charge on any atom is 0.0733 e. The van der Waals surface area contributed by atoms with Crippen LogP contribution in [0.15, 0.2) is 152 Å². The maximum atomic E-state index is 2.48. The lowest BCUT2D eigenvalue weighted by molar-refractivity contribution is 0.389. The van der Waals surface area contributed by atoms with E-state index < -0.39 is 0 Å². The molecule has 0 aromatic heterocycles. The first-order chi connectivity index (χ1) is 22.0. The summed E-state index contributed by atoms with van der Waals surface area (Å²) in [4.78, 5) is 4.70. The Morgan fingerprint density at radius 2 is 1.18 bits per heavy atom. The van der Waals surface area contributed by atoms with Crippen LogP contribution in [-0.4, -0.2) is 19.0 Å². The summed E-state index contributed by atoms with van der Waals surface area (Å²) in [6.45, 7) is 2.26. The van der Waals surface area contributed by atoms with Gasteiger partial charge in [0.25, 0.3) is 0 Å². The van der Waals surface area contributed by atoms with E-state index >= 15 is 0 Å². The topological polar surface area (TPSA) is 6.48 Å². The van der Waals surface area contributed by atoms with E-state index in [2.05, 4.69) is 183 Å². The summed E-state index contributed by atoms with van der Waals surface area (Å²) in [6.07, 6.45) is 11.1. The summed E-state index contributed by atoms with van der Waals surface area (Å²) in [5.41, 5.74) is 11.5. The number of fused-ring (bicyclic) bond motifs is 3. The Labute approximate surface area is 265 Å². The molecule has 0 aliphatic carbocycles. The first-order valence-electron chi connectivity index (χ1n) is 15.8. The van der Waals surface area contributed by atoms with Gasteiger partial charge in [0.1, 0.15) is 0 Å². The molecule has 2 heterocycles. The van der Waals surface area contributed by atoms with Crippen molar-refractivity contribution in [2.75, 3.05) is 19.0 Å². The number of rotatable bonds is 4. The average Bonchev–Trinajstić information content (AvgIpc) is 3.08. The third kappa shape index (κ3) is 4.84. The van der Waals surface area contributed by atoms with Crippen molar-refractivity contribution >= 4 is 32.8 Å². The molecule has 6 aromatic carbocycles. The molecule has 2 unspecified atom stereocenters. The number of likely N-dealkylation sites (N-methyl/N-ethyl adjacent to an activating group) is 2. The van der Waals surface area contributed by atoms with Gasteiger partial charge in [0, 0.05) is 25.3 Å². The van der Waals surface area contributed by atoms with E-state index in [0.29, 0.717) is 0 Å². The Balaban J connectivity index is 1.28. The SMILES string of the molecule is Cc1cc(C2C=CC=CN2C)ccc1C1=CC(c2ccc3ccccc3c2)N(C)c2ccc(-c3ccc4ccccc4c3)cc21. The van der Waals surface area contributed by atoms with E-state index in [-0.39, 0.29) is 12.1 Å². The van der Waals surface area contributed by atoms with Crippen LogP contribution in [-0.2, 0) is 0 Å². The fourth-order valence-corrected chi connectivity index (χ4v) is 7.17. The number of benzene rings is 6. The molecule has 2 aliphatic heterocycles. The van der Waals surface area contributed by atoms with Crippen LogP contribution in [0.2, 0.25) is 0 Å². The van der Waals surface area contributed by atoms with Crippen LogP contribution in [0.25, 0.3) is 38.2 Å². The molecule has 0 spiro atoms. The van der Waals surface area contributed by atoms with Crippen LogP contribution < -0.4 is 4.90 Å². The predicted molar refractivity (Wildman–Crippen MR) is 192 cm³/mol. The maximum absolute atomic E-state index is 2.48. The van der Waals surface area contributed by atoms with Crippen LogP contribution >= 0.6 is 0 Å². The number of allylic oxidation sites excluding steroid dienone is 2. The van der Waals surface area contributed by atoms with Gasteiger partial charge in [-0.15, -0.1) is 0 Å². The molecule has 8 rings (SSSR count). The molecule has 0 N–H and O–H groups in total. The van der Waals surface area contributed by atoms with Crippen molar-refractivity contribution in [1.82, 2.24) is 4.90 Å². The molecule has 2 heteroatoms. The highest BCUT2D eigenvalue weighted by Gasteiger charge is 2.28. The van der Waals surface area contributed by atoms with Gasteiger partial charge >= 0.3 is 0 Å². The van der Waals surface area contributed by atoms with Gasteiger partial charge in [-0.25, -0.2) is 0 Å². The Morgan fingerprint density at radius 1 is 0.533 bits per heavy atom. The Morgan fingerprint density at radius 3 is 1.93 bits per heavy atom. The van der Waals surface area contributed by atoms with Crippen molar-refractivity contribution in [2.45, 2.75) is 19.0 Å². The Kier molecular flexibility index (Phi) is 6.64. The zero-order chi connectivity index (χ0) is 30.5. The number of nitrogens with zero attached hydrogens (tertiary/aromatic N) is 2. The molecule has 0 saturated heterocycles. The van der Waals surface area contributed by atoms with Crippen LogP contribution in [0.4, 0.5) is 5.69 Å². The largest absolute Gasteiger partial charge is 0.370 e. The molecule has 0 amide bonds. The Hall–Kier alpha value is -5.34. The third-order valence-corrected chi connectivity index (χ3v) is 9.65. The summed E-state index contributed by atoms with van der Waals surface area (Å²) < 4.78 is 0. The minimum Gasteiger partial charge on any atom is -0.370 e. The highest BCUT2D eigenvalue weighted by molar-refractivity contribution is 5.94. The average molecular weight is 581 g/mol. The molecule has 0 radical (unpaired) electrons. The van der Waals surface area contributed by atoms with Crippen LogP contribution in [0, 0.1) is 6.92 Å².